The Bertz CT molecular complexity index is 311. The number of nitrogens with two attached hydrogens (primary N) is 1. The van der Waals surface area contributed by atoms with E-state index in [1.807, 2.05) is 0 Å². The second-order valence-electron chi connectivity index (χ2n) is 4.48. The number of nitrogens with zero attached hydrogens (tertiary/aromatic N) is 1. The highest BCUT2D eigenvalue weighted by Crippen LogP contribution is 2.18. The molecule has 1 aromatic carbocycles. The van der Waals surface area contributed by atoms with E-state index in [2.05, 4.69) is 43.0 Å². The van der Waals surface area contributed by atoms with E-state index in [4.69, 9.17) is 10.5 Å². The minimum Gasteiger partial charge on any atom is -0.383 e. The van der Waals surface area contributed by atoms with Gasteiger partial charge in [-0.15, -0.1) is 0 Å². The molecule has 2 N–H and O–H groups in total. The Balaban J connectivity index is 2.77. The van der Waals surface area contributed by atoms with Crippen LogP contribution >= 0.6 is 0 Å². The molecule has 0 fully saturated rings. The Morgan fingerprint density at radius 2 is 1.94 bits per heavy atom. The molecule has 0 spiro atoms. The second-order valence-corrected chi connectivity index (χ2v) is 4.48. The van der Waals surface area contributed by atoms with E-state index in [1.165, 1.54) is 11.3 Å². The smallest absolute Gasteiger partial charge is 0.0663 e. The molecule has 1 unspecified atom stereocenters. The molecule has 3 nitrogen and oxygen atoms in total. The van der Waals surface area contributed by atoms with Gasteiger partial charge in [-0.2, -0.15) is 0 Å². The largest absolute Gasteiger partial charge is 0.383 e. The van der Waals surface area contributed by atoms with Gasteiger partial charge in [0.15, 0.2) is 0 Å². The first kappa shape index (κ1) is 14.0. The monoisotopic (exact) mass is 236 g/mol. The molecule has 0 amide bonds. The predicted molar refractivity (Wildman–Crippen MR) is 73.5 cm³/mol. The summed E-state index contributed by atoms with van der Waals surface area (Å²) in [5.41, 5.74) is 8.12. The van der Waals surface area contributed by atoms with Crippen LogP contribution in [0.15, 0.2) is 24.3 Å². The fourth-order valence-corrected chi connectivity index (χ4v) is 1.93. The van der Waals surface area contributed by atoms with E-state index in [-0.39, 0.29) is 0 Å². The number of benzene rings is 1. The van der Waals surface area contributed by atoms with Crippen LogP contribution in [-0.2, 0) is 4.74 Å². The van der Waals surface area contributed by atoms with Crippen molar-refractivity contribution in [1.29, 1.82) is 0 Å². The molecule has 0 aliphatic heterocycles. The second kappa shape index (κ2) is 7.30. The minimum atomic E-state index is 0.370. The topological polar surface area (TPSA) is 38.5 Å². The minimum absolute atomic E-state index is 0.370. The van der Waals surface area contributed by atoms with E-state index in [0.29, 0.717) is 6.04 Å². The Labute approximate surface area is 105 Å². The van der Waals surface area contributed by atoms with Gasteiger partial charge in [0, 0.05) is 25.4 Å². The van der Waals surface area contributed by atoms with Crippen LogP contribution in [0.1, 0.15) is 18.9 Å². The van der Waals surface area contributed by atoms with Crippen LogP contribution in [0.25, 0.3) is 0 Å². The van der Waals surface area contributed by atoms with Crippen molar-refractivity contribution in [3.63, 3.8) is 0 Å². The van der Waals surface area contributed by atoms with E-state index in [9.17, 15) is 0 Å². The zero-order valence-corrected chi connectivity index (χ0v) is 11.1. The van der Waals surface area contributed by atoms with Gasteiger partial charge in [0.25, 0.3) is 0 Å². The van der Waals surface area contributed by atoms with Crippen LogP contribution < -0.4 is 10.6 Å². The number of hydrogen-bond acceptors (Lipinski definition) is 3. The lowest BCUT2D eigenvalue weighted by Crippen LogP contribution is -2.37. The van der Waals surface area contributed by atoms with Crippen LogP contribution in [0.5, 0.6) is 0 Å². The standard InChI is InChI=1S/C14H24N2O/c1-12-5-7-14(8-6-12)16(10-4-9-15)13(2)11-17-3/h5-8,13H,4,9-11,15H2,1-3H3. The molecule has 0 aromatic heterocycles. The number of ether oxygens (including phenoxy) is 1. The first-order valence-electron chi connectivity index (χ1n) is 6.21. The summed E-state index contributed by atoms with van der Waals surface area (Å²) in [6.07, 6.45) is 1.00. The molecule has 3 heteroatoms. The maximum absolute atomic E-state index is 5.60. The van der Waals surface area contributed by atoms with Crippen LogP contribution in [0.2, 0.25) is 0 Å². The summed E-state index contributed by atoms with van der Waals surface area (Å²) < 4.78 is 5.24. The molecule has 0 bridgehead atoms. The van der Waals surface area contributed by atoms with Gasteiger partial charge < -0.3 is 15.4 Å². The predicted octanol–water partition coefficient (Wildman–Crippen LogP) is 2.19. The van der Waals surface area contributed by atoms with Gasteiger partial charge in [-0.25, -0.2) is 0 Å². The zero-order chi connectivity index (χ0) is 12.7. The SMILES string of the molecule is COCC(C)N(CCCN)c1ccc(C)cc1. The molecular formula is C14H24N2O. The molecule has 1 rings (SSSR count). The number of aryl methyl sites for hydroxylation is 1. The molecule has 1 atom stereocenters. The van der Waals surface area contributed by atoms with Gasteiger partial charge in [-0.3, -0.25) is 0 Å². The lowest BCUT2D eigenvalue weighted by atomic mass is 10.1. The van der Waals surface area contributed by atoms with Crippen LogP contribution in [-0.4, -0.2) is 32.8 Å². The fraction of sp³-hybridized carbons (Fsp3) is 0.571. The third-order valence-corrected chi connectivity index (χ3v) is 2.91. The summed E-state index contributed by atoms with van der Waals surface area (Å²) in [6, 6.07) is 8.99. The van der Waals surface area contributed by atoms with Gasteiger partial charge >= 0.3 is 0 Å². The Morgan fingerprint density at radius 3 is 2.47 bits per heavy atom. The lowest BCUT2D eigenvalue weighted by Gasteiger charge is -2.31. The van der Waals surface area contributed by atoms with E-state index in [0.717, 1.165) is 26.1 Å². The quantitative estimate of drug-likeness (QED) is 0.788. The molecule has 0 heterocycles. The maximum atomic E-state index is 5.60. The summed E-state index contributed by atoms with van der Waals surface area (Å²) in [6.45, 7) is 6.72. The molecule has 1 aromatic rings. The summed E-state index contributed by atoms with van der Waals surface area (Å²) in [7, 11) is 1.74. The third kappa shape index (κ3) is 4.36. The summed E-state index contributed by atoms with van der Waals surface area (Å²) >= 11 is 0. The van der Waals surface area contributed by atoms with Gasteiger partial charge in [-0.1, -0.05) is 17.7 Å². The van der Waals surface area contributed by atoms with Gasteiger partial charge in [0.05, 0.1) is 6.61 Å². The molecule has 0 saturated carbocycles. The normalized spacial score (nSPS) is 12.5. The average Bonchev–Trinajstić information content (AvgIpc) is 2.32. The van der Waals surface area contributed by atoms with Crippen LogP contribution in [0, 0.1) is 6.92 Å². The Hall–Kier alpha value is -1.06. The molecule has 0 saturated heterocycles. The molecule has 17 heavy (non-hydrogen) atoms. The molecular weight excluding hydrogens is 212 g/mol. The number of hydrogen-bond donors (Lipinski definition) is 1. The van der Waals surface area contributed by atoms with Crippen molar-refractivity contribution < 1.29 is 4.74 Å². The van der Waals surface area contributed by atoms with Crippen LogP contribution in [0.3, 0.4) is 0 Å². The van der Waals surface area contributed by atoms with Crippen molar-refractivity contribution in [3.8, 4) is 0 Å². The van der Waals surface area contributed by atoms with Crippen molar-refractivity contribution in [2.75, 3.05) is 31.7 Å². The molecule has 0 aliphatic rings. The summed E-state index contributed by atoms with van der Waals surface area (Å²) in [5, 5.41) is 0. The third-order valence-electron chi connectivity index (χ3n) is 2.91. The highest BCUT2D eigenvalue weighted by molar-refractivity contribution is 5.48. The Kier molecular flexibility index (Phi) is 6.01. The van der Waals surface area contributed by atoms with Crippen molar-refractivity contribution in [2.24, 2.45) is 5.73 Å². The first-order valence-corrected chi connectivity index (χ1v) is 6.21. The number of rotatable bonds is 7. The van der Waals surface area contributed by atoms with Crippen molar-refractivity contribution in [3.05, 3.63) is 29.8 Å². The van der Waals surface area contributed by atoms with Gasteiger partial charge in [0.1, 0.15) is 0 Å². The van der Waals surface area contributed by atoms with Crippen molar-refractivity contribution in [2.45, 2.75) is 26.3 Å². The molecule has 0 radical (unpaired) electrons. The van der Waals surface area contributed by atoms with Gasteiger partial charge in [0.2, 0.25) is 0 Å². The molecule has 96 valence electrons. The summed E-state index contributed by atoms with van der Waals surface area (Å²) in [5.74, 6) is 0. The highest BCUT2D eigenvalue weighted by atomic mass is 16.5. The number of anilines is 1. The molecule has 0 aliphatic carbocycles. The average molecular weight is 236 g/mol. The highest BCUT2D eigenvalue weighted by Gasteiger charge is 2.13. The summed E-state index contributed by atoms with van der Waals surface area (Å²) in [4.78, 5) is 2.36. The van der Waals surface area contributed by atoms with E-state index >= 15 is 0 Å². The maximum Gasteiger partial charge on any atom is 0.0663 e. The number of methoxy groups -OCH3 is 1. The first-order chi connectivity index (χ1) is 8.19. The van der Waals surface area contributed by atoms with Crippen molar-refractivity contribution >= 4 is 5.69 Å². The fourth-order valence-electron chi connectivity index (χ4n) is 1.93. The zero-order valence-electron chi connectivity index (χ0n) is 11.1. The van der Waals surface area contributed by atoms with Gasteiger partial charge in [-0.05, 0) is 38.9 Å². The van der Waals surface area contributed by atoms with Crippen LogP contribution in [0.4, 0.5) is 5.69 Å². The van der Waals surface area contributed by atoms with Crippen molar-refractivity contribution in [1.82, 2.24) is 0 Å². The Morgan fingerprint density at radius 1 is 1.29 bits per heavy atom. The van der Waals surface area contributed by atoms with E-state index < -0.39 is 0 Å². The lowest BCUT2D eigenvalue weighted by molar-refractivity contribution is 0.181. The van der Waals surface area contributed by atoms with E-state index in [1.54, 1.807) is 7.11 Å².